The Kier molecular flexibility index (Phi) is 9.30. The van der Waals surface area contributed by atoms with Gasteiger partial charge in [-0.1, -0.05) is 0 Å². The van der Waals surface area contributed by atoms with Gasteiger partial charge >= 0.3 is 0 Å². The lowest BCUT2D eigenvalue weighted by Crippen LogP contribution is -2.54. The molecule has 3 saturated heterocycles. The zero-order chi connectivity index (χ0) is 35.2. The van der Waals surface area contributed by atoms with Crippen molar-refractivity contribution < 1.29 is 28.3 Å². The first-order valence-corrected chi connectivity index (χ1v) is 19.0. The highest BCUT2D eigenvalue weighted by atomic mass is 32.2. The summed E-state index contributed by atoms with van der Waals surface area (Å²) < 4.78 is 20.5. The second kappa shape index (κ2) is 14.0. The van der Waals surface area contributed by atoms with Crippen LogP contribution < -0.4 is 20.5 Å². The number of halogens is 1. The fraction of sp³-hybridized carbons (Fsp3) is 0.514. The standard InChI is InChI=1S/C37H41FN6O6S/c38-28-16-24(50-19-22-1-2-22)17-29-33(28)35(47)40-31(39-29)20-51-25-9-11-42(12-10-25)18-21-7-13-43(14-8-21)23-3-4-26-27(15-23)37(49)44(36(26)48)30-5-6-32(45)41-34(30)46/h3-4,15-17,21-22,25,30H,1-2,5-14,18-20H2,(H,39,40,47)(H,41,45,46). The van der Waals surface area contributed by atoms with Crippen molar-refractivity contribution in [2.45, 2.75) is 68.4 Å². The van der Waals surface area contributed by atoms with E-state index in [-0.39, 0.29) is 18.2 Å². The van der Waals surface area contributed by atoms with Crippen molar-refractivity contribution in [1.82, 2.24) is 25.1 Å². The van der Waals surface area contributed by atoms with Crippen LogP contribution in [0.3, 0.4) is 0 Å². The van der Waals surface area contributed by atoms with Crippen LogP contribution in [0.1, 0.15) is 77.9 Å². The minimum Gasteiger partial charge on any atom is -0.493 e. The lowest BCUT2D eigenvalue weighted by molar-refractivity contribution is -0.136. The lowest BCUT2D eigenvalue weighted by Gasteiger charge is -2.38. The zero-order valence-corrected chi connectivity index (χ0v) is 29.1. The average Bonchev–Trinajstić information content (AvgIpc) is 3.92. The number of nitrogens with zero attached hydrogens (tertiary/aromatic N) is 4. The molecular weight excluding hydrogens is 676 g/mol. The first-order chi connectivity index (χ1) is 24.7. The molecule has 0 spiro atoms. The number of ether oxygens (including phenoxy) is 1. The van der Waals surface area contributed by atoms with Crippen LogP contribution in [-0.4, -0.2) is 94.0 Å². The van der Waals surface area contributed by atoms with E-state index in [0.717, 1.165) is 81.8 Å². The third-order valence-electron chi connectivity index (χ3n) is 10.9. The van der Waals surface area contributed by atoms with Crippen molar-refractivity contribution in [3.63, 3.8) is 0 Å². The molecule has 8 rings (SSSR count). The highest BCUT2D eigenvalue weighted by Gasteiger charge is 2.45. The van der Waals surface area contributed by atoms with E-state index in [2.05, 4.69) is 25.1 Å². The fourth-order valence-corrected chi connectivity index (χ4v) is 8.82. The van der Waals surface area contributed by atoms with Gasteiger partial charge in [0.05, 0.1) is 29.0 Å². The first-order valence-electron chi connectivity index (χ1n) is 18.0. The van der Waals surface area contributed by atoms with Crippen molar-refractivity contribution >= 4 is 52.0 Å². The Morgan fingerprint density at radius 3 is 2.37 bits per heavy atom. The van der Waals surface area contributed by atoms with Gasteiger partial charge in [-0.15, -0.1) is 0 Å². The normalized spacial score (nSPS) is 22.2. The largest absolute Gasteiger partial charge is 0.493 e. The number of piperidine rings is 3. The van der Waals surface area contributed by atoms with E-state index in [0.29, 0.717) is 57.7 Å². The quantitative estimate of drug-likeness (QED) is 0.297. The second-order valence-corrected chi connectivity index (χ2v) is 15.8. The van der Waals surface area contributed by atoms with Crippen LogP contribution in [0.25, 0.3) is 10.9 Å². The number of hydrogen-bond donors (Lipinski definition) is 2. The zero-order valence-electron chi connectivity index (χ0n) is 28.3. The predicted octanol–water partition coefficient (Wildman–Crippen LogP) is 3.87. The summed E-state index contributed by atoms with van der Waals surface area (Å²) in [5.74, 6) is 0.0480. The Balaban J connectivity index is 0.800. The van der Waals surface area contributed by atoms with Crippen molar-refractivity contribution in [2.24, 2.45) is 11.8 Å². The van der Waals surface area contributed by atoms with Gasteiger partial charge in [0.2, 0.25) is 11.8 Å². The molecule has 5 aliphatic rings. The maximum Gasteiger partial charge on any atom is 0.262 e. The van der Waals surface area contributed by atoms with Gasteiger partial charge in [-0.05, 0) is 88.1 Å². The molecule has 4 amide bonds. The Labute approximate surface area is 298 Å². The summed E-state index contributed by atoms with van der Waals surface area (Å²) in [6.45, 7) is 5.33. The maximum atomic E-state index is 14.7. The van der Waals surface area contributed by atoms with E-state index in [1.54, 1.807) is 30.0 Å². The predicted molar refractivity (Wildman–Crippen MR) is 189 cm³/mol. The van der Waals surface area contributed by atoms with Gasteiger partial charge < -0.3 is 19.5 Å². The van der Waals surface area contributed by atoms with E-state index in [1.165, 1.54) is 6.07 Å². The van der Waals surface area contributed by atoms with Gasteiger partial charge in [-0.3, -0.25) is 34.2 Å². The van der Waals surface area contributed by atoms with Crippen LogP contribution in [-0.2, 0) is 15.3 Å². The molecule has 2 aromatic carbocycles. The van der Waals surface area contributed by atoms with Gasteiger partial charge in [0.1, 0.15) is 28.8 Å². The summed E-state index contributed by atoms with van der Waals surface area (Å²) in [7, 11) is 0. The van der Waals surface area contributed by atoms with Crippen molar-refractivity contribution in [3.05, 3.63) is 63.5 Å². The van der Waals surface area contributed by atoms with Gasteiger partial charge in [-0.2, -0.15) is 11.8 Å². The minimum atomic E-state index is -0.970. The molecule has 12 nitrogen and oxygen atoms in total. The van der Waals surface area contributed by atoms with Crippen molar-refractivity contribution in [3.8, 4) is 5.75 Å². The van der Waals surface area contributed by atoms with E-state index < -0.39 is 41.0 Å². The van der Waals surface area contributed by atoms with Gasteiger partial charge in [0.25, 0.3) is 17.4 Å². The number of amides is 4. The van der Waals surface area contributed by atoms with Gasteiger partial charge in [0, 0.05) is 49.1 Å². The third-order valence-corrected chi connectivity index (χ3v) is 12.3. The van der Waals surface area contributed by atoms with E-state index in [4.69, 9.17) is 4.74 Å². The molecule has 0 bridgehead atoms. The molecule has 0 radical (unpaired) electrons. The monoisotopic (exact) mass is 716 g/mol. The van der Waals surface area contributed by atoms with E-state index in [9.17, 15) is 28.4 Å². The smallest absolute Gasteiger partial charge is 0.262 e. The molecule has 3 aromatic rings. The number of hydrogen-bond acceptors (Lipinski definition) is 10. The number of anilines is 1. The number of H-pyrrole nitrogens is 1. The second-order valence-electron chi connectivity index (χ2n) is 14.5. The summed E-state index contributed by atoms with van der Waals surface area (Å²) >= 11 is 1.79. The molecule has 4 fully saturated rings. The molecule has 4 aliphatic heterocycles. The van der Waals surface area contributed by atoms with Crippen LogP contribution in [0.2, 0.25) is 0 Å². The molecule has 1 unspecified atom stereocenters. The molecule has 1 atom stereocenters. The van der Waals surface area contributed by atoms with Gasteiger partial charge in [0.15, 0.2) is 0 Å². The SMILES string of the molecule is O=C1CCC(N2C(=O)c3ccc(N4CCC(CN5CCC(SCc6nc7cc(OCC8CC8)cc(F)c7c(=O)[nH]6)CC5)CC4)cc3C2=O)C(=O)N1. The number of thioether (sulfide) groups is 1. The van der Waals surface area contributed by atoms with Crippen LogP contribution in [0, 0.1) is 17.7 Å². The Morgan fingerprint density at radius 2 is 1.63 bits per heavy atom. The lowest BCUT2D eigenvalue weighted by atomic mass is 9.94. The number of nitrogens with one attached hydrogen (secondary N) is 2. The Morgan fingerprint density at radius 1 is 0.863 bits per heavy atom. The molecule has 268 valence electrons. The molecule has 51 heavy (non-hydrogen) atoms. The Bertz CT molecular complexity index is 1950. The highest BCUT2D eigenvalue weighted by Crippen LogP contribution is 2.34. The molecule has 1 aliphatic carbocycles. The average molecular weight is 717 g/mol. The summed E-state index contributed by atoms with van der Waals surface area (Å²) in [4.78, 5) is 76.2. The number of likely N-dealkylation sites (tertiary alicyclic amines) is 1. The van der Waals surface area contributed by atoms with Gasteiger partial charge in [-0.25, -0.2) is 9.37 Å². The van der Waals surface area contributed by atoms with Crippen LogP contribution in [0.5, 0.6) is 5.75 Å². The van der Waals surface area contributed by atoms with E-state index >= 15 is 0 Å². The van der Waals surface area contributed by atoms with Crippen LogP contribution in [0.4, 0.5) is 10.1 Å². The topological polar surface area (TPSA) is 145 Å². The van der Waals surface area contributed by atoms with Crippen LogP contribution >= 0.6 is 11.8 Å². The first kappa shape index (κ1) is 33.8. The molecule has 1 aromatic heterocycles. The molecular formula is C37H41FN6O6S. The summed E-state index contributed by atoms with van der Waals surface area (Å²) in [5.41, 5.74) is 1.37. The number of carbonyl (C=O) groups is 4. The number of imide groups is 2. The van der Waals surface area contributed by atoms with Crippen LogP contribution in [0.15, 0.2) is 35.1 Å². The highest BCUT2D eigenvalue weighted by molar-refractivity contribution is 7.99. The van der Waals surface area contributed by atoms with Crippen molar-refractivity contribution in [2.75, 3.05) is 44.2 Å². The summed E-state index contributed by atoms with van der Waals surface area (Å²) in [6.07, 6.45) is 6.65. The summed E-state index contributed by atoms with van der Waals surface area (Å²) in [5, 5.41) is 2.66. The van der Waals surface area contributed by atoms with Crippen molar-refractivity contribution in [1.29, 1.82) is 0 Å². The number of aromatic nitrogens is 2. The number of benzene rings is 2. The Hall–Kier alpha value is -4.30. The number of carbonyl (C=O) groups excluding carboxylic acids is 4. The number of aromatic amines is 1. The molecule has 14 heteroatoms. The molecule has 1 saturated carbocycles. The van der Waals surface area contributed by atoms with E-state index in [1.807, 2.05) is 6.07 Å². The number of fused-ring (bicyclic) bond motifs is 2. The minimum absolute atomic E-state index is 0.0288. The fourth-order valence-electron chi connectivity index (χ4n) is 7.75. The molecule has 5 heterocycles. The third kappa shape index (κ3) is 7.12. The maximum absolute atomic E-state index is 14.7. The number of rotatable bonds is 10. The summed E-state index contributed by atoms with van der Waals surface area (Å²) in [6, 6.07) is 7.30. The molecule has 2 N–H and O–H groups in total.